The first-order valence-electron chi connectivity index (χ1n) is 7.42. The van der Waals surface area contributed by atoms with E-state index >= 15 is 0 Å². The molecule has 1 saturated heterocycles. The molecule has 0 bridgehead atoms. The van der Waals surface area contributed by atoms with Crippen molar-refractivity contribution in [2.24, 2.45) is 0 Å². The maximum atomic E-state index is 12.1. The number of fused-ring (bicyclic) bond motifs is 1. The van der Waals surface area contributed by atoms with E-state index < -0.39 is 24.0 Å². The summed E-state index contributed by atoms with van der Waals surface area (Å²) in [5, 5.41) is 15.4. The quantitative estimate of drug-likeness (QED) is 0.646. The molecule has 3 rings (SSSR count). The van der Waals surface area contributed by atoms with Gasteiger partial charge in [-0.1, -0.05) is 18.2 Å². The first-order valence-corrected chi connectivity index (χ1v) is 7.42. The monoisotopic (exact) mass is 315 g/mol. The molecular formula is C16H17N3O4. The van der Waals surface area contributed by atoms with E-state index in [-0.39, 0.29) is 18.7 Å². The summed E-state index contributed by atoms with van der Waals surface area (Å²) in [6.45, 7) is 0. The molecule has 0 aliphatic carbocycles. The summed E-state index contributed by atoms with van der Waals surface area (Å²) in [5.74, 6) is -1.75. The number of aliphatic carboxylic acids is 1. The van der Waals surface area contributed by atoms with Gasteiger partial charge >= 0.3 is 5.97 Å². The van der Waals surface area contributed by atoms with Gasteiger partial charge in [0, 0.05) is 29.9 Å². The Hall–Kier alpha value is -2.83. The van der Waals surface area contributed by atoms with Crippen LogP contribution in [0.1, 0.15) is 18.4 Å². The van der Waals surface area contributed by atoms with E-state index in [1.165, 1.54) is 0 Å². The summed E-state index contributed by atoms with van der Waals surface area (Å²) in [6.07, 6.45) is 2.61. The van der Waals surface area contributed by atoms with Crippen molar-refractivity contribution in [1.82, 2.24) is 15.6 Å². The van der Waals surface area contributed by atoms with Gasteiger partial charge in [-0.3, -0.25) is 9.59 Å². The number of aromatic amines is 1. The SMILES string of the molecule is O=C1CC[C@@H](C(=O)N[C@@H](Cc2c[nH]c3ccccc23)C(=O)O)N1. The molecule has 0 saturated carbocycles. The van der Waals surface area contributed by atoms with Crippen LogP contribution >= 0.6 is 0 Å². The molecule has 120 valence electrons. The zero-order chi connectivity index (χ0) is 16.4. The van der Waals surface area contributed by atoms with Crippen LogP contribution in [0.25, 0.3) is 10.9 Å². The van der Waals surface area contributed by atoms with Gasteiger partial charge in [0.05, 0.1) is 0 Å². The van der Waals surface area contributed by atoms with Crippen LogP contribution in [0.4, 0.5) is 0 Å². The van der Waals surface area contributed by atoms with E-state index in [0.29, 0.717) is 6.42 Å². The van der Waals surface area contributed by atoms with Crippen molar-refractivity contribution in [2.45, 2.75) is 31.3 Å². The van der Waals surface area contributed by atoms with E-state index in [1.807, 2.05) is 24.3 Å². The zero-order valence-electron chi connectivity index (χ0n) is 12.3. The minimum absolute atomic E-state index is 0.172. The number of aromatic nitrogens is 1. The molecule has 2 aromatic rings. The normalized spacial score (nSPS) is 18.6. The Labute approximate surface area is 132 Å². The fourth-order valence-electron chi connectivity index (χ4n) is 2.80. The van der Waals surface area contributed by atoms with Gasteiger partial charge < -0.3 is 20.7 Å². The number of rotatable bonds is 5. The Morgan fingerprint density at radius 2 is 2.13 bits per heavy atom. The summed E-state index contributed by atoms with van der Waals surface area (Å²) < 4.78 is 0. The van der Waals surface area contributed by atoms with Crippen LogP contribution in [-0.4, -0.2) is 40.0 Å². The van der Waals surface area contributed by atoms with Crippen LogP contribution in [0.3, 0.4) is 0 Å². The number of benzene rings is 1. The maximum absolute atomic E-state index is 12.1. The Kier molecular flexibility index (Phi) is 4.01. The average molecular weight is 315 g/mol. The van der Waals surface area contributed by atoms with Gasteiger partial charge in [0.2, 0.25) is 11.8 Å². The molecule has 1 aliphatic rings. The van der Waals surface area contributed by atoms with Crippen LogP contribution in [0, 0.1) is 0 Å². The Balaban J connectivity index is 1.73. The fraction of sp³-hybridized carbons (Fsp3) is 0.312. The van der Waals surface area contributed by atoms with Crippen LogP contribution in [0.5, 0.6) is 0 Å². The summed E-state index contributed by atoms with van der Waals surface area (Å²) in [5.41, 5.74) is 1.74. The highest BCUT2D eigenvalue weighted by Crippen LogP contribution is 2.19. The largest absolute Gasteiger partial charge is 0.480 e. The number of carbonyl (C=O) groups excluding carboxylic acids is 2. The fourth-order valence-corrected chi connectivity index (χ4v) is 2.80. The van der Waals surface area contributed by atoms with Gasteiger partial charge in [-0.15, -0.1) is 0 Å². The lowest BCUT2D eigenvalue weighted by Crippen LogP contribution is -2.49. The third kappa shape index (κ3) is 3.18. The zero-order valence-corrected chi connectivity index (χ0v) is 12.3. The highest BCUT2D eigenvalue weighted by Gasteiger charge is 2.30. The van der Waals surface area contributed by atoms with E-state index in [9.17, 15) is 19.5 Å². The molecular weight excluding hydrogens is 298 g/mol. The first kappa shape index (κ1) is 15.1. The van der Waals surface area contributed by atoms with Gasteiger partial charge in [-0.2, -0.15) is 0 Å². The maximum Gasteiger partial charge on any atom is 0.326 e. The van der Waals surface area contributed by atoms with Gasteiger partial charge in [0.25, 0.3) is 0 Å². The lowest BCUT2D eigenvalue weighted by atomic mass is 10.0. The number of H-pyrrole nitrogens is 1. The van der Waals surface area contributed by atoms with E-state index in [0.717, 1.165) is 16.5 Å². The highest BCUT2D eigenvalue weighted by atomic mass is 16.4. The second-order valence-electron chi connectivity index (χ2n) is 5.62. The molecule has 23 heavy (non-hydrogen) atoms. The molecule has 1 aromatic carbocycles. The summed E-state index contributed by atoms with van der Waals surface area (Å²) >= 11 is 0. The molecule has 0 radical (unpaired) electrons. The Morgan fingerprint density at radius 3 is 2.83 bits per heavy atom. The lowest BCUT2D eigenvalue weighted by molar-refractivity contribution is -0.142. The van der Waals surface area contributed by atoms with Crippen molar-refractivity contribution >= 4 is 28.7 Å². The van der Waals surface area contributed by atoms with Crippen molar-refractivity contribution < 1.29 is 19.5 Å². The molecule has 1 aromatic heterocycles. The van der Waals surface area contributed by atoms with E-state index in [2.05, 4.69) is 15.6 Å². The number of carboxylic acid groups (broad SMARTS) is 1. The predicted molar refractivity (Wildman–Crippen MR) is 82.7 cm³/mol. The number of hydrogen-bond donors (Lipinski definition) is 4. The minimum atomic E-state index is -1.10. The average Bonchev–Trinajstić information content (AvgIpc) is 3.13. The molecule has 4 N–H and O–H groups in total. The number of nitrogens with one attached hydrogen (secondary N) is 3. The Bertz CT molecular complexity index is 768. The van der Waals surface area contributed by atoms with Gasteiger partial charge in [0.15, 0.2) is 0 Å². The van der Waals surface area contributed by atoms with E-state index in [1.54, 1.807) is 6.20 Å². The third-order valence-electron chi connectivity index (χ3n) is 4.03. The van der Waals surface area contributed by atoms with Gasteiger partial charge in [-0.05, 0) is 18.1 Å². The van der Waals surface area contributed by atoms with Gasteiger partial charge in [-0.25, -0.2) is 4.79 Å². The lowest BCUT2D eigenvalue weighted by Gasteiger charge is -2.17. The standard InChI is InChI=1S/C16H17N3O4/c20-14-6-5-12(18-14)15(21)19-13(16(22)23)7-9-8-17-11-4-2-1-3-10(9)11/h1-4,8,12-13,17H,5-7H2,(H,18,20)(H,19,21)(H,22,23)/t12-,13-/m0/s1. The molecule has 2 heterocycles. The van der Waals surface area contributed by atoms with Crippen LogP contribution in [-0.2, 0) is 20.8 Å². The third-order valence-corrected chi connectivity index (χ3v) is 4.03. The number of amides is 2. The summed E-state index contributed by atoms with van der Waals surface area (Å²) in [4.78, 5) is 37.8. The number of carboxylic acids is 1. The second-order valence-corrected chi connectivity index (χ2v) is 5.62. The smallest absolute Gasteiger partial charge is 0.326 e. The van der Waals surface area contributed by atoms with Crippen LogP contribution in [0.15, 0.2) is 30.5 Å². The number of para-hydroxylation sites is 1. The van der Waals surface area contributed by atoms with Crippen molar-refractivity contribution in [3.8, 4) is 0 Å². The van der Waals surface area contributed by atoms with Crippen LogP contribution in [0.2, 0.25) is 0 Å². The molecule has 7 nitrogen and oxygen atoms in total. The number of hydrogen-bond acceptors (Lipinski definition) is 3. The second kappa shape index (κ2) is 6.12. The predicted octanol–water partition coefficient (Wildman–Crippen LogP) is 0.558. The highest BCUT2D eigenvalue weighted by molar-refractivity contribution is 5.93. The van der Waals surface area contributed by atoms with Crippen molar-refractivity contribution in [1.29, 1.82) is 0 Å². The van der Waals surface area contributed by atoms with Crippen molar-refractivity contribution in [3.05, 3.63) is 36.0 Å². The molecule has 2 atom stereocenters. The van der Waals surface area contributed by atoms with E-state index in [4.69, 9.17) is 0 Å². The molecule has 7 heteroatoms. The minimum Gasteiger partial charge on any atom is -0.480 e. The van der Waals surface area contributed by atoms with Crippen molar-refractivity contribution in [3.63, 3.8) is 0 Å². The summed E-state index contributed by atoms with van der Waals surface area (Å²) in [7, 11) is 0. The number of carbonyl (C=O) groups is 3. The summed E-state index contributed by atoms with van der Waals surface area (Å²) in [6, 6.07) is 5.89. The molecule has 1 aliphatic heterocycles. The molecule has 0 spiro atoms. The Morgan fingerprint density at radius 1 is 1.35 bits per heavy atom. The molecule has 1 fully saturated rings. The molecule has 2 amide bonds. The topological polar surface area (TPSA) is 111 Å². The van der Waals surface area contributed by atoms with Crippen molar-refractivity contribution in [2.75, 3.05) is 0 Å². The first-order chi connectivity index (χ1) is 11.0. The van der Waals surface area contributed by atoms with Crippen LogP contribution < -0.4 is 10.6 Å². The molecule has 0 unspecified atom stereocenters. The van der Waals surface area contributed by atoms with Gasteiger partial charge in [0.1, 0.15) is 12.1 Å².